The molecule has 0 spiro atoms. The lowest BCUT2D eigenvalue weighted by Gasteiger charge is -2.30. The summed E-state index contributed by atoms with van der Waals surface area (Å²) in [6, 6.07) is 0.305. The van der Waals surface area contributed by atoms with Gasteiger partial charge in [-0.1, -0.05) is 0 Å². The molecule has 1 atom stereocenters. The highest BCUT2D eigenvalue weighted by Crippen LogP contribution is 2.33. The number of hydrogen-bond donors (Lipinski definition) is 1. The number of hydrazone groups is 1. The van der Waals surface area contributed by atoms with Crippen LogP contribution in [-0.2, 0) is 11.3 Å². The standard InChI is InChI=1S/C12H10F8N4O2/c13-8(14)4-1-6(10(17)18)23(21-4)3-7(25)24-12(26,11(19)20)2-5(22-24)9(15)16/h1,8-11,26H,2-3H2/t12-/m1/s1. The zero-order valence-corrected chi connectivity index (χ0v) is 12.5. The number of aromatic nitrogens is 2. The summed E-state index contributed by atoms with van der Waals surface area (Å²) in [7, 11) is 0. The van der Waals surface area contributed by atoms with Gasteiger partial charge in [-0.3, -0.25) is 9.48 Å². The van der Waals surface area contributed by atoms with Gasteiger partial charge in [0.2, 0.25) is 5.72 Å². The van der Waals surface area contributed by atoms with Gasteiger partial charge < -0.3 is 5.11 Å². The van der Waals surface area contributed by atoms with Gasteiger partial charge in [-0.2, -0.15) is 15.2 Å². The lowest BCUT2D eigenvalue weighted by Crippen LogP contribution is -2.52. The second-order valence-electron chi connectivity index (χ2n) is 5.21. The summed E-state index contributed by atoms with van der Waals surface area (Å²) in [4.78, 5) is 12.0. The van der Waals surface area contributed by atoms with Crippen molar-refractivity contribution in [3.05, 3.63) is 17.5 Å². The van der Waals surface area contributed by atoms with Gasteiger partial charge in [0.25, 0.3) is 31.6 Å². The molecule has 26 heavy (non-hydrogen) atoms. The third-order valence-electron chi connectivity index (χ3n) is 3.44. The molecular formula is C12H10F8N4O2. The highest BCUT2D eigenvalue weighted by molar-refractivity contribution is 5.92. The van der Waals surface area contributed by atoms with Crippen LogP contribution in [0.15, 0.2) is 11.2 Å². The molecule has 146 valence electrons. The summed E-state index contributed by atoms with van der Waals surface area (Å²) in [5, 5.41) is 15.4. The summed E-state index contributed by atoms with van der Waals surface area (Å²) in [5.41, 5.74) is -6.85. The Bertz CT molecular complexity index is 707. The number of nitrogens with zero attached hydrogens (tertiary/aromatic N) is 4. The van der Waals surface area contributed by atoms with Gasteiger partial charge in [-0.15, -0.1) is 0 Å². The van der Waals surface area contributed by atoms with Crippen LogP contribution in [-0.4, -0.2) is 50.1 Å². The summed E-state index contributed by atoms with van der Waals surface area (Å²) in [6.07, 6.45) is -15.0. The molecule has 0 bridgehead atoms. The van der Waals surface area contributed by atoms with Crippen molar-refractivity contribution in [2.75, 3.05) is 0 Å². The number of halogens is 8. The van der Waals surface area contributed by atoms with E-state index in [0.717, 1.165) is 0 Å². The van der Waals surface area contributed by atoms with E-state index in [9.17, 15) is 45.0 Å². The Balaban J connectivity index is 2.33. The van der Waals surface area contributed by atoms with E-state index < -0.39 is 67.4 Å². The van der Waals surface area contributed by atoms with Crippen LogP contribution in [0.25, 0.3) is 0 Å². The first kappa shape index (κ1) is 20.1. The molecule has 0 unspecified atom stereocenters. The Kier molecular flexibility index (Phi) is 5.53. The average Bonchev–Trinajstić information content (AvgIpc) is 3.09. The monoisotopic (exact) mass is 394 g/mol. The molecule has 2 heterocycles. The van der Waals surface area contributed by atoms with Crippen molar-refractivity contribution in [1.82, 2.24) is 14.8 Å². The second-order valence-corrected chi connectivity index (χ2v) is 5.21. The van der Waals surface area contributed by atoms with E-state index in [1.807, 2.05) is 0 Å². The Labute approximate surface area is 139 Å². The lowest BCUT2D eigenvalue weighted by molar-refractivity contribution is -0.192. The average molecular weight is 394 g/mol. The summed E-state index contributed by atoms with van der Waals surface area (Å²) in [5.74, 6) is -1.62. The second kappa shape index (κ2) is 7.17. The highest BCUT2D eigenvalue weighted by atomic mass is 19.3. The van der Waals surface area contributed by atoms with E-state index >= 15 is 0 Å². The maximum absolute atomic E-state index is 13.0. The molecule has 1 aliphatic rings. The van der Waals surface area contributed by atoms with Crippen molar-refractivity contribution in [3.8, 4) is 0 Å². The molecule has 1 N–H and O–H groups in total. The summed E-state index contributed by atoms with van der Waals surface area (Å²) < 4.78 is 102. The first-order valence-electron chi connectivity index (χ1n) is 6.80. The molecular weight excluding hydrogens is 384 g/mol. The maximum atomic E-state index is 13.0. The van der Waals surface area contributed by atoms with Crippen LogP contribution in [0.5, 0.6) is 0 Å². The molecule has 1 aliphatic heterocycles. The van der Waals surface area contributed by atoms with Crippen LogP contribution >= 0.6 is 0 Å². The number of carbonyl (C=O) groups excluding carboxylic acids is 1. The first-order chi connectivity index (χ1) is 12.0. The summed E-state index contributed by atoms with van der Waals surface area (Å²) in [6.45, 7) is -1.30. The van der Waals surface area contributed by atoms with Crippen molar-refractivity contribution in [3.63, 3.8) is 0 Å². The van der Waals surface area contributed by atoms with Crippen molar-refractivity contribution in [2.45, 2.75) is 44.4 Å². The van der Waals surface area contributed by atoms with Crippen molar-refractivity contribution < 1.29 is 45.0 Å². The lowest BCUT2D eigenvalue weighted by atomic mass is 10.1. The number of hydrogen-bond acceptors (Lipinski definition) is 4. The quantitative estimate of drug-likeness (QED) is 0.754. The topological polar surface area (TPSA) is 70.7 Å². The predicted octanol–water partition coefficient (Wildman–Crippen LogP) is 2.57. The molecule has 0 fully saturated rings. The Hall–Kier alpha value is -2.25. The third-order valence-corrected chi connectivity index (χ3v) is 3.44. The summed E-state index contributed by atoms with van der Waals surface area (Å²) >= 11 is 0. The van der Waals surface area contributed by atoms with E-state index in [4.69, 9.17) is 0 Å². The molecule has 1 aromatic rings. The van der Waals surface area contributed by atoms with Gasteiger partial charge in [0.05, 0.1) is 0 Å². The molecule has 14 heteroatoms. The number of carbonyl (C=O) groups is 1. The van der Waals surface area contributed by atoms with Crippen LogP contribution < -0.4 is 0 Å². The normalized spacial score (nSPS) is 20.8. The molecule has 1 amide bonds. The van der Waals surface area contributed by atoms with Gasteiger partial charge in [0.1, 0.15) is 23.6 Å². The largest absolute Gasteiger partial charge is 0.364 e. The van der Waals surface area contributed by atoms with Crippen LogP contribution in [0.2, 0.25) is 0 Å². The number of alkyl halides is 8. The van der Waals surface area contributed by atoms with Crippen LogP contribution in [0.1, 0.15) is 30.7 Å². The van der Waals surface area contributed by atoms with Gasteiger partial charge in [0.15, 0.2) is 0 Å². The fraction of sp³-hybridized carbons (Fsp3) is 0.583. The van der Waals surface area contributed by atoms with Gasteiger partial charge in [0, 0.05) is 6.42 Å². The molecule has 1 aromatic heterocycles. The Morgan fingerprint density at radius 2 is 1.73 bits per heavy atom. The molecule has 0 saturated heterocycles. The molecule has 6 nitrogen and oxygen atoms in total. The van der Waals surface area contributed by atoms with Crippen molar-refractivity contribution >= 4 is 11.6 Å². The number of rotatable bonds is 6. The van der Waals surface area contributed by atoms with Crippen LogP contribution in [0, 0.1) is 0 Å². The van der Waals surface area contributed by atoms with Crippen molar-refractivity contribution in [1.29, 1.82) is 0 Å². The SMILES string of the molecule is O=C(Cn1nc(C(F)F)cc1C(F)F)N1N=C(C(F)F)C[C@@]1(O)C(F)F. The fourth-order valence-electron chi connectivity index (χ4n) is 2.21. The minimum absolute atomic E-state index is 0.107. The highest BCUT2D eigenvalue weighted by Gasteiger charge is 2.53. The van der Waals surface area contributed by atoms with E-state index in [-0.39, 0.29) is 9.69 Å². The van der Waals surface area contributed by atoms with E-state index in [1.165, 1.54) is 0 Å². The van der Waals surface area contributed by atoms with Gasteiger partial charge in [-0.25, -0.2) is 35.1 Å². The molecule has 0 saturated carbocycles. The van der Waals surface area contributed by atoms with Gasteiger partial charge >= 0.3 is 0 Å². The van der Waals surface area contributed by atoms with Crippen LogP contribution in [0.4, 0.5) is 35.1 Å². The number of amides is 1. The third kappa shape index (κ3) is 3.64. The minimum atomic E-state index is -3.71. The zero-order valence-electron chi connectivity index (χ0n) is 12.5. The molecule has 2 rings (SSSR count). The van der Waals surface area contributed by atoms with E-state index in [0.29, 0.717) is 6.07 Å². The van der Waals surface area contributed by atoms with Crippen molar-refractivity contribution in [2.24, 2.45) is 5.10 Å². The van der Waals surface area contributed by atoms with E-state index in [1.54, 1.807) is 0 Å². The Morgan fingerprint density at radius 3 is 2.19 bits per heavy atom. The molecule has 0 aliphatic carbocycles. The molecule has 0 aromatic carbocycles. The first-order valence-corrected chi connectivity index (χ1v) is 6.80. The van der Waals surface area contributed by atoms with Crippen LogP contribution in [0.3, 0.4) is 0 Å². The predicted molar refractivity (Wildman–Crippen MR) is 68.0 cm³/mol. The van der Waals surface area contributed by atoms with E-state index in [2.05, 4.69) is 10.2 Å². The zero-order chi connectivity index (χ0) is 19.8. The minimum Gasteiger partial charge on any atom is -0.364 e. The number of aliphatic hydroxyl groups is 1. The Morgan fingerprint density at radius 1 is 1.12 bits per heavy atom. The van der Waals surface area contributed by atoms with Gasteiger partial charge in [-0.05, 0) is 6.07 Å². The fourth-order valence-corrected chi connectivity index (χ4v) is 2.21. The smallest absolute Gasteiger partial charge is 0.287 e. The molecule has 0 radical (unpaired) electrons. The maximum Gasteiger partial charge on any atom is 0.287 e.